The number of hydrogen-bond donors (Lipinski definition) is 1. The minimum absolute atomic E-state index is 0.131. The van der Waals surface area contributed by atoms with E-state index in [4.69, 9.17) is 9.15 Å². The molecule has 5 nitrogen and oxygen atoms in total. The number of quaternary nitrogens is 1. The van der Waals surface area contributed by atoms with E-state index in [-0.39, 0.29) is 5.92 Å². The fraction of sp³-hybridized carbons (Fsp3) is 0.483. The van der Waals surface area contributed by atoms with E-state index in [9.17, 15) is 5.11 Å². The van der Waals surface area contributed by atoms with Gasteiger partial charge in [-0.05, 0) is 30.5 Å². The number of oxazole rings is 1. The average molecular weight is 464 g/mol. The van der Waals surface area contributed by atoms with E-state index in [1.165, 1.54) is 6.42 Å². The monoisotopic (exact) mass is 463 g/mol. The highest BCUT2D eigenvalue weighted by atomic mass is 16.5. The molecule has 1 aliphatic rings. The van der Waals surface area contributed by atoms with Gasteiger partial charge in [0.1, 0.15) is 11.5 Å². The number of likely N-dealkylation sites (N-methyl/N-ethyl adjacent to an activating group) is 1. The summed E-state index contributed by atoms with van der Waals surface area (Å²) >= 11 is 0. The third-order valence-corrected chi connectivity index (χ3v) is 7.17. The molecule has 0 aliphatic heterocycles. The summed E-state index contributed by atoms with van der Waals surface area (Å²) in [6, 6.07) is 19.9. The van der Waals surface area contributed by atoms with E-state index < -0.39 is 5.60 Å². The van der Waals surface area contributed by atoms with Crippen molar-refractivity contribution in [1.82, 2.24) is 4.98 Å². The molecular formula is C29H39N2O3+. The van der Waals surface area contributed by atoms with E-state index in [0.29, 0.717) is 12.5 Å². The Kier molecular flexibility index (Phi) is 8.07. The third-order valence-electron chi connectivity index (χ3n) is 7.17. The Morgan fingerprint density at radius 3 is 2.35 bits per heavy atom. The molecule has 0 radical (unpaired) electrons. The lowest BCUT2D eigenvalue weighted by Gasteiger charge is -2.36. The number of ether oxygens (including phenoxy) is 1. The zero-order valence-electron chi connectivity index (χ0n) is 20.7. The van der Waals surface area contributed by atoms with Gasteiger partial charge >= 0.3 is 0 Å². The quantitative estimate of drug-likeness (QED) is 0.298. The number of aliphatic hydroxyl groups is 1. The summed E-state index contributed by atoms with van der Waals surface area (Å²) in [5, 5.41) is 12.0. The molecule has 1 atom stereocenters. The van der Waals surface area contributed by atoms with Crippen LogP contribution in [0, 0.1) is 5.92 Å². The average Bonchev–Trinajstić information content (AvgIpc) is 3.37. The molecule has 3 aromatic rings. The molecule has 0 bridgehead atoms. The molecule has 0 amide bonds. The molecule has 1 saturated carbocycles. The first-order valence-electron chi connectivity index (χ1n) is 12.7. The zero-order valence-corrected chi connectivity index (χ0v) is 20.7. The number of aromatic nitrogens is 1. The van der Waals surface area contributed by atoms with Crippen LogP contribution in [0.3, 0.4) is 0 Å². The maximum absolute atomic E-state index is 12.0. The molecule has 34 heavy (non-hydrogen) atoms. The second-order valence-electron chi connectivity index (χ2n) is 10.2. The summed E-state index contributed by atoms with van der Waals surface area (Å²) in [7, 11) is 4.48. The molecule has 1 heterocycles. The summed E-state index contributed by atoms with van der Waals surface area (Å²) in [5.41, 5.74) is -0.288. The Balaban J connectivity index is 1.36. The van der Waals surface area contributed by atoms with Gasteiger partial charge in [0.15, 0.2) is 5.60 Å². The van der Waals surface area contributed by atoms with Crippen molar-refractivity contribution < 1.29 is 18.7 Å². The van der Waals surface area contributed by atoms with Gasteiger partial charge < -0.3 is 18.7 Å². The first kappa shape index (κ1) is 24.5. The van der Waals surface area contributed by atoms with Gasteiger partial charge in [0, 0.05) is 12.3 Å². The van der Waals surface area contributed by atoms with Crippen LogP contribution in [-0.2, 0) is 12.0 Å². The summed E-state index contributed by atoms with van der Waals surface area (Å²) in [6.07, 6.45) is 9.11. The van der Waals surface area contributed by atoms with E-state index in [0.717, 1.165) is 73.2 Å². The van der Waals surface area contributed by atoms with Crippen molar-refractivity contribution in [2.24, 2.45) is 5.92 Å². The molecule has 0 spiro atoms. The van der Waals surface area contributed by atoms with E-state index in [2.05, 4.69) is 19.1 Å². The number of rotatable bonds is 11. The molecule has 2 aromatic carbocycles. The second kappa shape index (κ2) is 11.2. The maximum Gasteiger partial charge on any atom is 0.231 e. The van der Waals surface area contributed by atoms with Crippen molar-refractivity contribution in [1.29, 1.82) is 0 Å². The molecule has 182 valence electrons. The van der Waals surface area contributed by atoms with Crippen LogP contribution in [0.2, 0.25) is 0 Å². The fourth-order valence-electron chi connectivity index (χ4n) is 5.07. The van der Waals surface area contributed by atoms with Gasteiger partial charge in [-0.1, -0.05) is 67.8 Å². The molecule has 5 heteroatoms. The van der Waals surface area contributed by atoms with E-state index >= 15 is 0 Å². The van der Waals surface area contributed by atoms with Gasteiger partial charge in [-0.15, -0.1) is 0 Å². The van der Waals surface area contributed by atoms with Crippen LogP contribution in [0.25, 0.3) is 0 Å². The van der Waals surface area contributed by atoms with Crippen LogP contribution >= 0.6 is 0 Å². The first-order valence-corrected chi connectivity index (χ1v) is 12.7. The summed E-state index contributed by atoms with van der Waals surface area (Å²) < 4.78 is 13.0. The van der Waals surface area contributed by atoms with Crippen LogP contribution in [-0.4, -0.2) is 48.4 Å². The summed E-state index contributed by atoms with van der Waals surface area (Å²) in [4.78, 5) is 4.61. The maximum atomic E-state index is 12.0. The Bertz CT molecular complexity index is 996. The largest absolute Gasteiger partial charge is 0.493 e. The lowest BCUT2D eigenvalue weighted by molar-refractivity contribution is -0.890. The molecule has 1 unspecified atom stereocenters. The van der Waals surface area contributed by atoms with Crippen LogP contribution in [0.5, 0.6) is 5.75 Å². The number of nitrogens with zero attached hydrogens (tertiary/aromatic N) is 2. The molecule has 1 fully saturated rings. The van der Waals surface area contributed by atoms with Gasteiger partial charge in [0.05, 0.1) is 46.4 Å². The summed E-state index contributed by atoms with van der Waals surface area (Å²) in [6.45, 7) is 2.67. The Labute approximate surface area is 204 Å². The van der Waals surface area contributed by atoms with Crippen molar-refractivity contribution in [3.63, 3.8) is 0 Å². The van der Waals surface area contributed by atoms with E-state index in [1.807, 2.05) is 66.9 Å². The normalized spacial score (nSPS) is 16.8. The predicted molar refractivity (Wildman–Crippen MR) is 135 cm³/mol. The second-order valence-corrected chi connectivity index (χ2v) is 10.2. The van der Waals surface area contributed by atoms with Crippen molar-refractivity contribution in [3.05, 3.63) is 84.1 Å². The van der Waals surface area contributed by atoms with Gasteiger partial charge in [-0.3, -0.25) is 0 Å². The zero-order chi connectivity index (χ0) is 23.9. The SMILES string of the molecule is C[N+](C)(CCCOc1ccccc1)CCc1cnc(C(O)(c2ccccc2)C2CCCCC2)o1. The van der Waals surface area contributed by atoms with Crippen molar-refractivity contribution in [2.75, 3.05) is 33.8 Å². The van der Waals surface area contributed by atoms with Crippen LogP contribution in [0.15, 0.2) is 71.3 Å². The number of benzene rings is 2. The van der Waals surface area contributed by atoms with Crippen molar-refractivity contribution >= 4 is 0 Å². The number of para-hydroxylation sites is 1. The standard InChI is InChI=1S/C29H39N2O3/c1-31(2,20-12-22-33-26-17-10-5-11-18-26)21-19-27-23-30-28(34-27)29(32,24-13-6-3-7-14-24)25-15-8-4-9-16-25/h3,5-7,10-11,13-14,17-18,23,25,32H,4,8-9,12,15-16,19-22H2,1-2H3/q+1. The smallest absolute Gasteiger partial charge is 0.231 e. The van der Waals surface area contributed by atoms with Gasteiger partial charge in [0.2, 0.25) is 5.89 Å². The number of hydrogen-bond acceptors (Lipinski definition) is 4. The fourth-order valence-corrected chi connectivity index (χ4v) is 5.07. The molecule has 0 saturated heterocycles. The van der Waals surface area contributed by atoms with Crippen LogP contribution in [0.1, 0.15) is 55.7 Å². The van der Waals surface area contributed by atoms with Gasteiger partial charge in [0.25, 0.3) is 0 Å². The lowest BCUT2D eigenvalue weighted by Crippen LogP contribution is -2.42. The minimum Gasteiger partial charge on any atom is -0.493 e. The Morgan fingerprint density at radius 1 is 0.971 bits per heavy atom. The Morgan fingerprint density at radius 2 is 1.65 bits per heavy atom. The first-order chi connectivity index (χ1) is 16.5. The molecule has 1 aromatic heterocycles. The lowest BCUT2D eigenvalue weighted by atomic mass is 9.73. The van der Waals surface area contributed by atoms with Gasteiger partial charge in [-0.2, -0.15) is 0 Å². The minimum atomic E-state index is -1.17. The Hall–Kier alpha value is -2.63. The van der Waals surface area contributed by atoms with Crippen molar-refractivity contribution in [3.8, 4) is 5.75 Å². The van der Waals surface area contributed by atoms with Crippen molar-refractivity contribution in [2.45, 2.75) is 50.5 Å². The highest BCUT2D eigenvalue weighted by Crippen LogP contribution is 2.43. The van der Waals surface area contributed by atoms with Crippen LogP contribution in [0.4, 0.5) is 0 Å². The van der Waals surface area contributed by atoms with Gasteiger partial charge in [-0.25, -0.2) is 4.98 Å². The molecule has 4 rings (SSSR count). The van der Waals surface area contributed by atoms with Crippen LogP contribution < -0.4 is 4.74 Å². The third kappa shape index (κ3) is 6.08. The molecule has 1 aliphatic carbocycles. The summed E-state index contributed by atoms with van der Waals surface area (Å²) in [5.74, 6) is 2.34. The molecular weight excluding hydrogens is 424 g/mol. The highest BCUT2D eigenvalue weighted by molar-refractivity contribution is 5.30. The predicted octanol–water partition coefficient (Wildman–Crippen LogP) is 5.58. The molecule has 1 N–H and O–H groups in total. The highest BCUT2D eigenvalue weighted by Gasteiger charge is 2.44. The topological polar surface area (TPSA) is 55.5 Å². The van der Waals surface area contributed by atoms with E-state index in [1.54, 1.807) is 0 Å².